The summed E-state index contributed by atoms with van der Waals surface area (Å²) in [6.45, 7) is 1.39. The topological polar surface area (TPSA) is 78.6 Å². The largest absolute Gasteiger partial charge is 0.392 e. The van der Waals surface area contributed by atoms with Crippen LogP contribution in [0.2, 0.25) is 0 Å². The first-order valence-electron chi connectivity index (χ1n) is 5.16. The summed E-state index contributed by atoms with van der Waals surface area (Å²) in [5, 5.41) is 12.6. The number of nitrogens with zero attached hydrogens (tertiary/aromatic N) is 1. The summed E-state index contributed by atoms with van der Waals surface area (Å²) in [4.78, 5) is 12.8. The molecule has 2 fully saturated rings. The van der Waals surface area contributed by atoms with Crippen molar-refractivity contribution in [1.29, 1.82) is 0 Å². The van der Waals surface area contributed by atoms with Crippen molar-refractivity contribution in [1.82, 2.24) is 10.2 Å². The molecule has 5 heteroatoms. The molecular formula is C9H17N3O2. The smallest absolute Gasteiger partial charge is 0.315 e. The quantitative estimate of drug-likeness (QED) is 0.520. The van der Waals surface area contributed by atoms with Gasteiger partial charge < -0.3 is 21.1 Å². The van der Waals surface area contributed by atoms with E-state index in [1.807, 2.05) is 0 Å². The number of nitrogens with two attached hydrogens (primary N) is 1. The fourth-order valence-corrected chi connectivity index (χ4v) is 2.52. The lowest BCUT2D eigenvalue weighted by Gasteiger charge is -2.27. The van der Waals surface area contributed by atoms with Crippen molar-refractivity contribution in [3.63, 3.8) is 0 Å². The number of likely N-dealkylation sites (tertiary alicyclic amines) is 1. The molecule has 80 valence electrons. The number of primary amides is 1. The molecule has 0 aliphatic carbocycles. The maximum absolute atomic E-state index is 11.1. The van der Waals surface area contributed by atoms with Crippen LogP contribution in [0.15, 0.2) is 0 Å². The molecule has 2 amide bonds. The van der Waals surface area contributed by atoms with Gasteiger partial charge in [0.15, 0.2) is 0 Å². The van der Waals surface area contributed by atoms with Crippen molar-refractivity contribution < 1.29 is 9.90 Å². The minimum absolute atomic E-state index is 0.185. The molecule has 4 N–H and O–H groups in total. The molecule has 3 atom stereocenters. The average molecular weight is 199 g/mol. The molecule has 2 saturated heterocycles. The number of carbonyl (C=O) groups is 1. The van der Waals surface area contributed by atoms with Crippen LogP contribution in [0.3, 0.4) is 0 Å². The summed E-state index contributed by atoms with van der Waals surface area (Å²) in [6, 6.07) is 0.0698. The van der Waals surface area contributed by atoms with Gasteiger partial charge in [-0.1, -0.05) is 0 Å². The Bertz CT molecular complexity index is 234. The van der Waals surface area contributed by atoms with Crippen molar-refractivity contribution in [2.45, 2.75) is 37.5 Å². The van der Waals surface area contributed by atoms with Gasteiger partial charge in [-0.3, -0.25) is 0 Å². The van der Waals surface area contributed by atoms with Gasteiger partial charge in [0, 0.05) is 25.2 Å². The Hall–Kier alpha value is -0.810. The van der Waals surface area contributed by atoms with Gasteiger partial charge in [-0.05, 0) is 19.3 Å². The molecule has 3 unspecified atom stereocenters. The fourth-order valence-electron chi connectivity index (χ4n) is 2.52. The summed E-state index contributed by atoms with van der Waals surface area (Å²) in [5.41, 5.74) is 5.29. The van der Waals surface area contributed by atoms with Crippen molar-refractivity contribution in [2.24, 2.45) is 5.73 Å². The Morgan fingerprint density at radius 1 is 1.57 bits per heavy atom. The number of carbonyl (C=O) groups excluding carboxylic acids is 1. The van der Waals surface area contributed by atoms with E-state index in [4.69, 9.17) is 5.73 Å². The molecule has 0 radical (unpaired) electrons. The van der Waals surface area contributed by atoms with Gasteiger partial charge in [0.25, 0.3) is 0 Å². The molecule has 2 heterocycles. The third-order valence-corrected chi connectivity index (χ3v) is 3.19. The van der Waals surface area contributed by atoms with Gasteiger partial charge in [-0.15, -0.1) is 0 Å². The molecule has 2 aliphatic heterocycles. The van der Waals surface area contributed by atoms with E-state index >= 15 is 0 Å². The third-order valence-electron chi connectivity index (χ3n) is 3.19. The van der Waals surface area contributed by atoms with Crippen LogP contribution in [0, 0.1) is 0 Å². The first kappa shape index (κ1) is 9.73. The highest BCUT2D eigenvalue weighted by molar-refractivity contribution is 5.72. The van der Waals surface area contributed by atoms with Crippen molar-refractivity contribution in [2.75, 3.05) is 13.1 Å². The Balaban J connectivity index is 1.99. The van der Waals surface area contributed by atoms with Crippen molar-refractivity contribution in [3.05, 3.63) is 0 Å². The van der Waals surface area contributed by atoms with E-state index in [0.717, 1.165) is 25.8 Å². The second-order valence-corrected chi connectivity index (χ2v) is 4.15. The molecule has 0 spiro atoms. The highest BCUT2D eigenvalue weighted by atomic mass is 16.3. The lowest BCUT2D eigenvalue weighted by atomic mass is 10.0. The number of urea groups is 1. The molecule has 0 aromatic carbocycles. The molecule has 2 aliphatic rings. The molecule has 0 saturated carbocycles. The van der Waals surface area contributed by atoms with Crippen LogP contribution in [-0.4, -0.2) is 47.3 Å². The maximum atomic E-state index is 11.1. The summed E-state index contributed by atoms with van der Waals surface area (Å²) < 4.78 is 0. The van der Waals surface area contributed by atoms with E-state index in [9.17, 15) is 9.90 Å². The number of aliphatic hydroxyl groups is 1. The van der Waals surface area contributed by atoms with Crippen molar-refractivity contribution in [3.8, 4) is 0 Å². The Kier molecular flexibility index (Phi) is 2.60. The van der Waals surface area contributed by atoms with E-state index < -0.39 is 0 Å². The van der Waals surface area contributed by atoms with Gasteiger partial charge in [0.05, 0.1) is 6.10 Å². The first-order chi connectivity index (χ1) is 6.68. The zero-order chi connectivity index (χ0) is 10.1. The second kappa shape index (κ2) is 3.74. The van der Waals surface area contributed by atoms with Crippen LogP contribution in [0.5, 0.6) is 0 Å². The number of β-amino-alcohol motifs (C(OH)–C–C–N with tert-alkyl or cyclic N) is 1. The van der Waals surface area contributed by atoms with Gasteiger partial charge in [-0.25, -0.2) is 4.79 Å². The lowest BCUT2D eigenvalue weighted by Crippen LogP contribution is -2.48. The van der Waals surface area contributed by atoms with Crippen LogP contribution in [0.1, 0.15) is 19.3 Å². The van der Waals surface area contributed by atoms with E-state index in [-0.39, 0.29) is 24.2 Å². The van der Waals surface area contributed by atoms with Crippen molar-refractivity contribution >= 4 is 6.03 Å². The monoisotopic (exact) mass is 199 g/mol. The molecule has 0 bridgehead atoms. The molecule has 0 aromatic rings. The van der Waals surface area contributed by atoms with Gasteiger partial charge in [0.1, 0.15) is 0 Å². The standard InChI is InChI=1S/C9H17N3O2/c10-9(14)12-3-1-2-8(12)7-4-6(13)5-11-7/h6-8,11,13H,1-5H2,(H2,10,14). The van der Waals surface area contributed by atoms with Crippen LogP contribution in [0.4, 0.5) is 4.79 Å². The van der Waals surface area contributed by atoms with Gasteiger partial charge in [0.2, 0.25) is 0 Å². The average Bonchev–Trinajstić information content (AvgIpc) is 2.70. The second-order valence-electron chi connectivity index (χ2n) is 4.15. The van der Waals surface area contributed by atoms with Gasteiger partial charge >= 0.3 is 6.03 Å². The fraction of sp³-hybridized carbons (Fsp3) is 0.889. The minimum Gasteiger partial charge on any atom is -0.392 e. The third kappa shape index (κ3) is 1.69. The Morgan fingerprint density at radius 2 is 2.36 bits per heavy atom. The summed E-state index contributed by atoms with van der Waals surface area (Å²) in [6.07, 6.45) is 2.47. The van der Waals surface area contributed by atoms with Crippen LogP contribution in [-0.2, 0) is 0 Å². The zero-order valence-corrected chi connectivity index (χ0v) is 8.15. The predicted octanol–water partition coefficient (Wildman–Crippen LogP) is -0.748. The number of hydrogen-bond donors (Lipinski definition) is 3. The normalized spacial score (nSPS) is 37.8. The zero-order valence-electron chi connectivity index (χ0n) is 8.15. The summed E-state index contributed by atoms with van der Waals surface area (Å²) >= 11 is 0. The lowest BCUT2D eigenvalue weighted by molar-refractivity contribution is 0.174. The molecule has 0 aromatic heterocycles. The number of rotatable bonds is 1. The number of amides is 2. The molecule has 5 nitrogen and oxygen atoms in total. The van der Waals surface area contributed by atoms with Crippen LogP contribution in [0.25, 0.3) is 0 Å². The highest BCUT2D eigenvalue weighted by Gasteiger charge is 2.37. The molecule has 2 rings (SSSR count). The van der Waals surface area contributed by atoms with E-state index in [0.29, 0.717) is 6.54 Å². The van der Waals surface area contributed by atoms with E-state index in [2.05, 4.69) is 5.32 Å². The number of aliphatic hydroxyl groups excluding tert-OH is 1. The minimum atomic E-state index is -0.337. The van der Waals surface area contributed by atoms with E-state index in [1.165, 1.54) is 0 Å². The summed E-state index contributed by atoms with van der Waals surface area (Å²) in [5.74, 6) is 0. The summed E-state index contributed by atoms with van der Waals surface area (Å²) in [7, 11) is 0. The number of hydrogen-bond acceptors (Lipinski definition) is 3. The Morgan fingerprint density at radius 3 is 2.93 bits per heavy atom. The highest BCUT2D eigenvalue weighted by Crippen LogP contribution is 2.24. The Labute approximate surface area is 83.3 Å². The van der Waals surface area contributed by atoms with Crippen LogP contribution < -0.4 is 11.1 Å². The number of nitrogens with one attached hydrogen (secondary N) is 1. The first-order valence-corrected chi connectivity index (χ1v) is 5.16. The molecule has 14 heavy (non-hydrogen) atoms. The van der Waals surface area contributed by atoms with Crippen LogP contribution >= 0.6 is 0 Å². The van der Waals surface area contributed by atoms with Gasteiger partial charge in [-0.2, -0.15) is 0 Å². The SMILES string of the molecule is NC(=O)N1CCCC1C1CC(O)CN1. The molecular weight excluding hydrogens is 182 g/mol. The maximum Gasteiger partial charge on any atom is 0.315 e. The van der Waals surface area contributed by atoms with E-state index in [1.54, 1.807) is 4.90 Å². The predicted molar refractivity (Wildman–Crippen MR) is 51.7 cm³/mol.